The van der Waals surface area contributed by atoms with Gasteiger partial charge in [0, 0.05) is 12.6 Å². The first kappa shape index (κ1) is 18.0. The smallest absolute Gasteiger partial charge is 0.414 e. The van der Waals surface area contributed by atoms with E-state index in [9.17, 15) is 9.59 Å². The topological polar surface area (TPSA) is 55.8 Å². The van der Waals surface area contributed by atoms with Gasteiger partial charge in [-0.25, -0.2) is 9.59 Å². The third-order valence-corrected chi connectivity index (χ3v) is 3.67. The van der Waals surface area contributed by atoms with Crippen molar-refractivity contribution in [1.82, 2.24) is 0 Å². The fourth-order valence-corrected chi connectivity index (χ4v) is 2.60. The molecule has 2 rings (SSSR count). The summed E-state index contributed by atoms with van der Waals surface area (Å²) < 4.78 is 10.4. The van der Waals surface area contributed by atoms with Crippen molar-refractivity contribution in [2.75, 3.05) is 18.1 Å². The first-order valence-corrected chi connectivity index (χ1v) is 8.20. The van der Waals surface area contributed by atoms with Gasteiger partial charge in [-0.15, -0.1) is 0 Å². The molecule has 0 N–H and O–H groups in total. The zero-order valence-corrected chi connectivity index (χ0v) is 15.0. The lowest BCUT2D eigenvalue weighted by atomic mass is 10.0. The SMILES string of the molecule is CCOC(=O)/C=C(/C)c1ccc2c(c1)CCN2C(=O)OC(C)(C)C. The minimum Gasteiger partial charge on any atom is -0.463 e. The maximum atomic E-state index is 12.3. The normalized spacial score (nSPS) is 14.4. The van der Waals surface area contributed by atoms with Crippen LogP contribution in [0.15, 0.2) is 24.3 Å². The van der Waals surface area contributed by atoms with Crippen LogP contribution < -0.4 is 4.90 Å². The van der Waals surface area contributed by atoms with E-state index in [0.717, 1.165) is 28.8 Å². The molecule has 0 radical (unpaired) electrons. The molecular weight excluding hydrogens is 306 g/mol. The molecule has 0 aliphatic carbocycles. The predicted molar refractivity (Wildman–Crippen MR) is 94.0 cm³/mol. The van der Waals surface area contributed by atoms with E-state index < -0.39 is 5.60 Å². The fourth-order valence-electron chi connectivity index (χ4n) is 2.60. The predicted octanol–water partition coefficient (Wildman–Crippen LogP) is 3.95. The Morgan fingerprint density at radius 1 is 1.29 bits per heavy atom. The van der Waals surface area contributed by atoms with Crippen molar-refractivity contribution in [2.45, 2.75) is 46.6 Å². The van der Waals surface area contributed by atoms with E-state index in [2.05, 4.69) is 0 Å². The van der Waals surface area contributed by atoms with Crippen LogP contribution in [-0.2, 0) is 20.7 Å². The Kier molecular flexibility index (Phi) is 5.32. The number of fused-ring (bicyclic) bond motifs is 1. The highest BCUT2D eigenvalue weighted by molar-refractivity contribution is 5.93. The number of hydrogen-bond donors (Lipinski definition) is 0. The molecule has 0 bridgehead atoms. The quantitative estimate of drug-likeness (QED) is 0.621. The zero-order valence-electron chi connectivity index (χ0n) is 15.0. The highest BCUT2D eigenvalue weighted by Crippen LogP contribution is 2.32. The highest BCUT2D eigenvalue weighted by atomic mass is 16.6. The number of ether oxygens (including phenoxy) is 2. The number of esters is 1. The second kappa shape index (κ2) is 7.07. The van der Waals surface area contributed by atoms with Gasteiger partial charge >= 0.3 is 12.1 Å². The molecule has 0 saturated heterocycles. The Morgan fingerprint density at radius 2 is 2.00 bits per heavy atom. The summed E-state index contributed by atoms with van der Waals surface area (Å²) >= 11 is 0. The van der Waals surface area contributed by atoms with Crippen molar-refractivity contribution >= 4 is 23.3 Å². The second-order valence-electron chi connectivity index (χ2n) is 6.80. The lowest BCUT2D eigenvalue weighted by Crippen LogP contribution is -2.35. The number of carbonyl (C=O) groups excluding carboxylic acids is 2. The molecule has 1 aliphatic heterocycles. The number of amides is 1. The number of benzene rings is 1. The van der Waals surface area contributed by atoms with E-state index >= 15 is 0 Å². The molecule has 24 heavy (non-hydrogen) atoms. The van der Waals surface area contributed by atoms with Crippen LogP contribution >= 0.6 is 0 Å². The molecule has 1 aliphatic rings. The van der Waals surface area contributed by atoms with Crippen molar-refractivity contribution in [3.8, 4) is 0 Å². The Morgan fingerprint density at radius 3 is 2.62 bits per heavy atom. The third-order valence-electron chi connectivity index (χ3n) is 3.67. The average Bonchev–Trinajstić information content (AvgIpc) is 2.88. The van der Waals surface area contributed by atoms with Crippen LogP contribution in [0.25, 0.3) is 5.57 Å². The summed E-state index contributed by atoms with van der Waals surface area (Å²) in [5.74, 6) is -0.342. The van der Waals surface area contributed by atoms with Gasteiger partial charge < -0.3 is 9.47 Å². The molecule has 1 heterocycles. The molecule has 0 saturated carbocycles. The molecule has 0 aromatic heterocycles. The Hall–Kier alpha value is -2.30. The summed E-state index contributed by atoms with van der Waals surface area (Å²) in [6.07, 6.45) is 1.94. The maximum absolute atomic E-state index is 12.3. The van der Waals surface area contributed by atoms with Crippen molar-refractivity contribution in [1.29, 1.82) is 0 Å². The van der Waals surface area contributed by atoms with Gasteiger partial charge in [0.05, 0.1) is 12.3 Å². The highest BCUT2D eigenvalue weighted by Gasteiger charge is 2.29. The van der Waals surface area contributed by atoms with Gasteiger partial charge in [-0.1, -0.05) is 6.07 Å². The van der Waals surface area contributed by atoms with E-state index in [1.807, 2.05) is 45.9 Å². The number of hydrogen-bond acceptors (Lipinski definition) is 4. The standard InChI is InChI=1S/C19H25NO4/c1-6-23-17(21)11-13(2)14-7-8-16-15(12-14)9-10-20(16)18(22)24-19(3,4)5/h7-8,11-12H,6,9-10H2,1-5H3/b13-11-. The molecule has 1 amide bonds. The van der Waals surface area contributed by atoms with Crippen LogP contribution in [0.5, 0.6) is 0 Å². The number of nitrogens with zero attached hydrogens (tertiary/aromatic N) is 1. The van der Waals surface area contributed by atoms with E-state index in [1.165, 1.54) is 6.08 Å². The number of anilines is 1. The summed E-state index contributed by atoms with van der Waals surface area (Å²) in [5, 5.41) is 0. The number of rotatable bonds is 3. The van der Waals surface area contributed by atoms with Crippen LogP contribution in [0.3, 0.4) is 0 Å². The molecule has 0 atom stereocenters. The average molecular weight is 331 g/mol. The van der Waals surface area contributed by atoms with E-state index in [0.29, 0.717) is 13.2 Å². The van der Waals surface area contributed by atoms with E-state index in [4.69, 9.17) is 9.47 Å². The van der Waals surface area contributed by atoms with E-state index in [-0.39, 0.29) is 12.1 Å². The minimum atomic E-state index is -0.515. The Bertz CT molecular complexity index is 670. The lowest BCUT2D eigenvalue weighted by molar-refractivity contribution is -0.137. The van der Waals surface area contributed by atoms with Gasteiger partial charge in [0.15, 0.2) is 0 Å². The molecule has 130 valence electrons. The first-order valence-electron chi connectivity index (χ1n) is 8.20. The maximum Gasteiger partial charge on any atom is 0.414 e. The molecule has 1 aromatic carbocycles. The summed E-state index contributed by atoms with van der Waals surface area (Å²) in [4.78, 5) is 25.5. The van der Waals surface area contributed by atoms with Gasteiger partial charge in [0.2, 0.25) is 0 Å². The van der Waals surface area contributed by atoms with Gasteiger partial charge in [-0.3, -0.25) is 4.90 Å². The minimum absolute atomic E-state index is 0.326. The van der Waals surface area contributed by atoms with Crippen molar-refractivity contribution in [3.63, 3.8) is 0 Å². The van der Waals surface area contributed by atoms with Gasteiger partial charge in [-0.05, 0) is 69.9 Å². The van der Waals surface area contributed by atoms with Crippen LogP contribution in [0.4, 0.5) is 10.5 Å². The lowest BCUT2D eigenvalue weighted by Gasteiger charge is -2.24. The van der Waals surface area contributed by atoms with Crippen LogP contribution in [0.2, 0.25) is 0 Å². The van der Waals surface area contributed by atoms with Gasteiger partial charge in [0.1, 0.15) is 5.60 Å². The summed E-state index contributed by atoms with van der Waals surface area (Å²) in [7, 11) is 0. The molecule has 5 heteroatoms. The van der Waals surface area contributed by atoms with Crippen molar-refractivity contribution in [3.05, 3.63) is 35.4 Å². The number of carbonyl (C=O) groups is 2. The molecular formula is C19H25NO4. The molecule has 1 aromatic rings. The largest absolute Gasteiger partial charge is 0.463 e. The molecule has 0 unspecified atom stereocenters. The van der Waals surface area contributed by atoms with Crippen molar-refractivity contribution in [2.24, 2.45) is 0 Å². The van der Waals surface area contributed by atoms with Crippen LogP contribution in [0, 0.1) is 0 Å². The summed E-state index contributed by atoms with van der Waals surface area (Å²) in [6.45, 7) is 10.2. The molecule has 5 nitrogen and oxygen atoms in total. The summed E-state index contributed by atoms with van der Waals surface area (Å²) in [6, 6.07) is 5.83. The Balaban J connectivity index is 2.19. The fraction of sp³-hybridized carbons (Fsp3) is 0.474. The number of allylic oxidation sites excluding steroid dienone is 1. The van der Waals surface area contributed by atoms with Gasteiger partial charge in [-0.2, -0.15) is 0 Å². The third kappa shape index (κ3) is 4.37. The molecule has 0 spiro atoms. The second-order valence-corrected chi connectivity index (χ2v) is 6.80. The zero-order chi connectivity index (χ0) is 17.9. The Labute approximate surface area is 143 Å². The van der Waals surface area contributed by atoms with E-state index in [1.54, 1.807) is 11.8 Å². The summed E-state index contributed by atoms with van der Waals surface area (Å²) in [5.41, 5.74) is 3.23. The first-order chi connectivity index (χ1) is 11.2. The van der Waals surface area contributed by atoms with Crippen LogP contribution in [-0.4, -0.2) is 30.8 Å². The molecule has 0 fully saturated rings. The van der Waals surface area contributed by atoms with Crippen LogP contribution in [0.1, 0.15) is 45.7 Å². The van der Waals surface area contributed by atoms with Crippen molar-refractivity contribution < 1.29 is 19.1 Å². The monoisotopic (exact) mass is 331 g/mol. The van der Waals surface area contributed by atoms with Gasteiger partial charge in [0.25, 0.3) is 0 Å².